The molecule has 12 heteroatoms. The lowest BCUT2D eigenvalue weighted by atomic mass is 10.1. The smallest absolute Gasteiger partial charge is 0.462 e. The van der Waals surface area contributed by atoms with E-state index in [1.807, 2.05) is 12.2 Å². The predicted octanol–water partition coefficient (Wildman–Crippen LogP) is 16.5. The zero-order chi connectivity index (χ0) is 52.7. The lowest BCUT2D eigenvalue weighted by Crippen LogP contribution is -2.30. The number of esters is 3. The number of ether oxygens (including phenoxy) is 3. The first-order valence-corrected chi connectivity index (χ1v) is 29.6. The normalized spacial score (nSPS) is 14.1. The highest BCUT2D eigenvalue weighted by atomic mass is 31.2. The molecular formula is C60H101O11P. The van der Waals surface area contributed by atoms with Crippen molar-refractivity contribution in [3.05, 3.63) is 97.2 Å². The Labute approximate surface area is 438 Å². The molecular weight excluding hydrogens is 928 g/mol. The second-order valence-electron chi connectivity index (χ2n) is 18.3. The summed E-state index contributed by atoms with van der Waals surface area (Å²) in [5.74, 6) is -1.58. The number of phosphoric ester groups is 1. The van der Waals surface area contributed by atoms with E-state index in [-0.39, 0.29) is 25.9 Å². The Hall–Kier alpha value is -3.60. The lowest BCUT2D eigenvalue weighted by molar-refractivity contribution is -0.161. The molecule has 0 bridgehead atoms. The maximum Gasteiger partial charge on any atom is 0.472 e. The van der Waals surface area contributed by atoms with E-state index < -0.39 is 57.8 Å². The van der Waals surface area contributed by atoms with Gasteiger partial charge in [0.1, 0.15) is 12.7 Å². The number of carbonyl (C=O) groups is 3. The standard InChI is InChI=1S/C60H101O11P/c1-4-7-10-13-16-19-22-25-27-28-30-33-36-39-42-45-48-51-60(64)71-57(53-67-58(62)49-46-43-40-37-34-32-29-26-23-20-17-14-11-8-5-2)55-69-72(65,66)68-54-56(52-61)70-59(63)50-47-44-41-38-35-31-24-21-18-15-12-9-6-3/h7,9-10,12,16,18-19,21,25-27,29,31,35,41,44,56-57,61H,4-6,8,11,13-15,17,20,22-24,28,30,32-34,36-40,42-43,45-55H2,1-3H3,(H,65,66)/b10-7-,12-9-,19-16-,21-18-,27-25-,29-26-,35-31-,44-41-. The van der Waals surface area contributed by atoms with Crippen molar-refractivity contribution in [1.82, 2.24) is 0 Å². The highest BCUT2D eigenvalue weighted by Crippen LogP contribution is 2.43. The minimum Gasteiger partial charge on any atom is -0.462 e. The summed E-state index contributed by atoms with van der Waals surface area (Å²) < 4.78 is 39.4. The minimum atomic E-state index is -4.77. The van der Waals surface area contributed by atoms with Gasteiger partial charge < -0.3 is 24.2 Å². The number of phosphoric acid groups is 1. The monoisotopic (exact) mass is 1030 g/mol. The van der Waals surface area contributed by atoms with Crippen LogP contribution in [0.4, 0.5) is 0 Å². The van der Waals surface area contributed by atoms with Gasteiger partial charge >= 0.3 is 25.7 Å². The number of hydrogen-bond acceptors (Lipinski definition) is 10. The van der Waals surface area contributed by atoms with Gasteiger partial charge in [0, 0.05) is 19.3 Å². The van der Waals surface area contributed by atoms with Crippen LogP contribution < -0.4 is 0 Å². The summed E-state index contributed by atoms with van der Waals surface area (Å²) >= 11 is 0. The first-order chi connectivity index (χ1) is 35.2. The molecule has 3 atom stereocenters. The van der Waals surface area contributed by atoms with Crippen LogP contribution >= 0.6 is 7.82 Å². The molecule has 0 fully saturated rings. The summed E-state index contributed by atoms with van der Waals surface area (Å²) in [6.45, 7) is 4.30. The molecule has 11 nitrogen and oxygen atoms in total. The van der Waals surface area contributed by atoms with E-state index in [1.165, 1.54) is 44.9 Å². The average Bonchev–Trinajstić information content (AvgIpc) is 3.37. The fourth-order valence-corrected chi connectivity index (χ4v) is 8.04. The minimum absolute atomic E-state index is 0.0513. The highest BCUT2D eigenvalue weighted by molar-refractivity contribution is 7.47. The van der Waals surface area contributed by atoms with Crippen LogP contribution in [-0.4, -0.2) is 66.5 Å². The molecule has 0 heterocycles. The number of unbranched alkanes of at least 4 members (excludes halogenated alkanes) is 18. The van der Waals surface area contributed by atoms with E-state index in [9.17, 15) is 28.9 Å². The van der Waals surface area contributed by atoms with Crippen LogP contribution in [-0.2, 0) is 42.2 Å². The predicted molar refractivity (Wildman–Crippen MR) is 297 cm³/mol. The number of allylic oxidation sites excluding steroid dienone is 16. The topological polar surface area (TPSA) is 155 Å². The van der Waals surface area contributed by atoms with E-state index in [4.69, 9.17) is 23.3 Å². The van der Waals surface area contributed by atoms with Gasteiger partial charge in [0.15, 0.2) is 6.10 Å². The third-order valence-corrected chi connectivity index (χ3v) is 12.4. The van der Waals surface area contributed by atoms with Gasteiger partial charge in [-0.15, -0.1) is 0 Å². The van der Waals surface area contributed by atoms with Crippen molar-refractivity contribution in [1.29, 1.82) is 0 Å². The second-order valence-corrected chi connectivity index (χ2v) is 19.8. The summed E-state index contributed by atoms with van der Waals surface area (Å²) in [6.07, 6.45) is 62.4. The van der Waals surface area contributed by atoms with Crippen molar-refractivity contribution in [2.24, 2.45) is 0 Å². The Morgan fingerprint density at radius 1 is 0.403 bits per heavy atom. The number of aliphatic hydroxyl groups is 1. The van der Waals surface area contributed by atoms with E-state index >= 15 is 0 Å². The lowest BCUT2D eigenvalue weighted by Gasteiger charge is -2.21. The Morgan fingerprint density at radius 3 is 1.21 bits per heavy atom. The third kappa shape index (κ3) is 51.3. The summed E-state index contributed by atoms with van der Waals surface area (Å²) in [5, 5.41) is 9.78. The van der Waals surface area contributed by atoms with Gasteiger partial charge in [-0.2, -0.15) is 0 Å². The van der Waals surface area contributed by atoms with Crippen LogP contribution in [0.25, 0.3) is 0 Å². The number of rotatable bonds is 51. The molecule has 0 aromatic rings. The average molecular weight is 1030 g/mol. The molecule has 0 radical (unpaired) electrons. The molecule has 412 valence electrons. The highest BCUT2D eigenvalue weighted by Gasteiger charge is 2.28. The van der Waals surface area contributed by atoms with Gasteiger partial charge in [-0.25, -0.2) is 4.57 Å². The largest absolute Gasteiger partial charge is 0.472 e. The van der Waals surface area contributed by atoms with Crippen LogP contribution in [0.2, 0.25) is 0 Å². The van der Waals surface area contributed by atoms with Crippen molar-refractivity contribution < 1.29 is 52.2 Å². The summed E-state index contributed by atoms with van der Waals surface area (Å²) in [6, 6.07) is 0. The van der Waals surface area contributed by atoms with E-state index in [2.05, 4.69) is 106 Å². The maximum absolute atomic E-state index is 12.9. The van der Waals surface area contributed by atoms with Gasteiger partial charge in [0.25, 0.3) is 0 Å². The Balaban J connectivity index is 4.83. The van der Waals surface area contributed by atoms with Crippen LogP contribution in [0.1, 0.15) is 226 Å². The molecule has 0 saturated carbocycles. The first kappa shape index (κ1) is 68.4. The van der Waals surface area contributed by atoms with Gasteiger partial charge in [-0.05, 0) is 103 Å². The molecule has 0 aromatic carbocycles. The molecule has 0 aliphatic carbocycles. The van der Waals surface area contributed by atoms with Gasteiger partial charge in [0.2, 0.25) is 0 Å². The van der Waals surface area contributed by atoms with Crippen molar-refractivity contribution in [2.45, 2.75) is 238 Å². The molecule has 3 unspecified atom stereocenters. The zero-order valence-electron chi connectivity index (χ0n) is 45.4. The van der Waals surface area contributed by atoms with Crippen LogP contribution in [0.5, 0.6) is 0 Å². The summed E-state index contributed by atoms with van der Waals surface area (Å²) in [7, 11) is -4.77. The fourth-order valence-electron chi connectivity index (χ4n) is 7.26. The van der Waals surface area contributed by atoms with Crippen LogP contribution in [0, 0.1) is 0 Å². The van der Waals surface area contributed by atoms with Gasteiger partial charge in [-0.3, -0.25) is 23.4 Å². The van der Waals surface area contributed by atoms with Crippen LogP contribution in [0.15, 0.2) is 97.2 Å². The molecule has 0 saturated heterocycles. The van der Waals surface area contributed by atoms with Crippen molar-refractivity contribution in [2.75, 3.05) is 26.4 Å². The molecule has 2 N–H and O–H groups in total. The molecule has 0 rings (SSSR count). The number of hydrogen-bond donors (Lipinski definition) is 2. The van der Waals surface area contributed by atoms with E-state index in [0.29, 0.717) is 19.3 Å². The first-order valence-electron chi connectivity index (χ1n) is 28.1. The third-order valence-electron chi connectivity index (χ3n) is 11.5. The molecule has 0 aliphatic heterocycles. The van der Waals surface area contributed by atoms with Crippen molar-refractivity contribution in [3.63, 3.8) is 0 Å². The number of carbonyl (C=O) groups excluding carboxylic acids is 3. The SMILES string of the molecule is CC/C=C\C/C=C\C/C=C\C/C=C\CCC(=O)OC(CO)COP(=O)(O)OCC(COC(=O)CCCCCCC/C=C\CCCCCCCC)OC(=O)CCCCCCCCC/C=C\C/C=C\C/C=C\CC. The summed E-state index contributed by atoms with van der Waals surface area (Å²) in [4.78, 5) is 48.4. The fraction of sp³-hybridized carbons (Fsp3) is 0.683. The molecule has 0 amide bonds. The molecule has 0 aliphatic rings. The van der Waals surface area contributed by atoms with E-state index in [0.717, 1.165) is 122 Å². The van der Waals surface area contributed by atoms with Gasteiger partial charge in [-0.1, -0.05) is 201 Å². The van der Waals surface area contributed by atoms with Gasteiger partial charge in [0.05, 0.1) is 19.8 Å². The van der Waals surface area contributed by atoms with Crippen LogP contribution in [0.3, 0.4) is 0 Å². The Kier molecular flexibility index (Phi) is 51.0. The quantitative estimate of drug-likeness (QED) is 0.0197. The zero-order valence-corrected chi connectivity index (χ0v) is 46.3. The Morgan fingerprint density at radius 2 is 0.750 bits per heavy atom. The maximum atomic E-state index is 12.9. The van der Waals surface area contributed by atoms with Crippen molar-refractivity contribution in [3.8, 4) is 0 Å². The summed E-state index contributed by atoms with van der Waals surface area (Å²) in [5.41, 5.74) is 0. The molecule has 0 aromatic heterocycles. The van der Waals surface area contributed by atoms with E-state index in [1.54, 1.807) is 0 Å². The second kappa shape index (κ2) is 53.7. The molecule has 72 heavy (non-hydrogen) atoms. The molecule has 0 spiro atoms. The van der Waals surface area contributed by atoms with Crippen molar-refractivity contribution >= 4 is 25.7 Å². The number of aliphatic hydroxyl groups excluding tert-OH is 1. The Bertz CT molecular complexity index is 1580.